The SMILES string of the molecule is CCCNC(CSc1ccccn1)c1ccccc1OC. The first-order valence-electron chi connectivity index (χ1n) is 7.25. The number of thioether (sulfide) groups is 1. The summed E-state index contributed by atoms with van der Waals surface area (Å²) in [4.78, 5) is 4.37. The van der Waals surface area contributed by atoms with Crippen molar-refractivity contribution in [2.24, 2.45) is 0 Å². The molecule has 0 fully saturated rings. The maximum Gasteiger partial charge on any atom is 0.123 e. The molecule has 0 radical (unpaired) electrons. The van der Waals surface area contributed by atoms with Crippen molar-refractivity contribution in [3.8, 4) is 5.75 Å². The molecular weight excluding hydrogens is 280 g/mol. The molecule has 3 nitrogen and oxygen atoms in total. The maximum atomic E-state index is 5.49. The Kier molecular flexibility index (Phi) is 6.57. The second-order valence-corrected chi connectivity index (χ2v) is 5.77. The van der Waals surface area contributed by atoms with Crippen molar-refractivity contribution in [1.82, 2.24) is 10.3 Å². The maximum absolute atomic E-state index is 5.49. The van der Waals surface area contributed by atoms with Crippen LogP contribution in [0.2, 0.25) is 0 Å². The summed E-state index contributed by atoms with van der Waals surface area (Å²) in [5.41, 5.74) is 1.21. The fraction of sp³-hybridized carbons (Fsp3) is 0.353. The van der Waals surface area contributed by atoms with Gasteiger partial charge in [0, 0.05) is 23.6 Å². The highest BCUT2D eigenvalue weighted by Crippen LogP contribution is 2.29. The van der Waals surface area contributed by atoms with E-state index in [0.29, 0.717) is 0 Å². The Morgan fingerprint density at radius 3 is 2.71 bits per heavy atom. The van der Waals surface area contributed by atoms with E-state index < -0.39 is 0 Å². The van der Waals surface area contributed by atoms with Crippen LogP contribution in [0.4, 0.5) is 0 Å². The lowest BCUT2D eigenvalue weighted by molar-refractivity contribution is 0.402. The zero-order valence-electron chi connectivity index (χ0n) is 12.6. The van der Waals surface area contributed by atoms with Crippen LogP contribution in [0.25, 0.3) is 0 Å². The van der Waals surface area contributed by atoms with Gasteiger partial charge in [0.2, 0.25) is 0 Å². The number of hydrogen-bond donors (Lipinski definition) is 1. The van der Waals surface area contributed by atoms with Crippen molar-refractivity contribution in [2.45, 2.75) is 24.4 Å². The Labute approximate surface area is 131 Å². The molecular formula is C17H22N2OS. The van der Waals surface area contributed by atoms with Gasteiger partial charge < -0.3 is 10.1 Å². The molecule has 0 bridgehead atoms. The van der Waals surface area contributed by atoms with E-state index in [0.717, 1.165) is 29.5 Å². The number of aromatic nitrogens is 1. The average molecular weight is 302 g/mol. The number of methoxy groups -OCH3 is 1. The van der Waals surface area contributed by atoms with Crippen LogP contribution in [0.1, 0.15) is 24.9 Å². The average Bonchev–Trinajstić information content (AvgIpc) is 2.56. The molecule has 0 saturated heterocycles. The molecule has 0 amide bonds. The zero-order valence-corrected chi connectivity index (χ0v) is 13.4. The van der Waals surface area contributed by atoms with Crippen LogP contribution in [-0.4, -0.2) is 24.4 Å². The molecule has 1 heterocycles. The smallest absolute Gasteiger partial charge is 0.123 e. The van der Waals surface area contributed by atoms with Crippen molar-refractivity contribution in [2.75, 3.05) is 19.4 Å². The third kappa shape index (κ3) is 4.76. The van der Waals surface area contributed by atoms with E-state index in [4.69, 9.17) is 4.74 Å². The van der Waals surface area contributed by atoms with E-state index in [1.165, 1.54) is 5.56 Å². The number of rotatable bonds is 8. The molecule has 21 heavy (non-hydrogen) atoms. The molecule has 0 saturated carbocycles. The molecule has 0 aliphatic rings. The van der Waals surface area contributed by atoms with Crippen LogP contribution in [0.15, 0.2) is 53.7 Å². The van der Waals surface area contributed by atoms with Crippen LogP contribution in [0.5, 0.6) is 5.75 Å². The van der Waals surface area contributed by atoms with Crippen LogP contribution in [-0.2, 0) is 0 Å². The van der Waals surface area contributed by atoms with Crippen molar-refractivity contribution in [3.63, 3.8) is 0 Å². The van der Waals surface area contributed by atoms with Crippen LogP contribution >= 0.6 is 11.8 Å². The predicted octanol–water partition coefficient (Wildman–Crippen LogP) is 3.92. The lowest BCUT2D eigenvalue weighted by Gasteiger charge is -2.20. The summed E-state index contributed by atoms with van der Waals surface area (Å²) >= 11 is 1.76. The van der Waals surface area contributed by atoms with E-state index in [-0.39, 0.29) is 6.04 Å². The van der Waals surface area contributed by atoms with Gasteiger partial charge >= 0.3 is 0 Å². The third-order valence-corrected chi connectivity index (χ3v) is 4.23. The molecule has 1 unspecified atom stereocenters. The van der Waals surface area contributed by atoms with E-state index in [1.807, 2.05) is 36.5 Å². The first kappa shape index (κ1) is 15.9. The summed E-state index contributed by atoms with van der Waals surface area (Å²) in [5.74, 6) is 1.87. The summed E-state index contributed by atoms with van der Waals surface area (Å²) in [6.07, 6.45) is 2.94. The highest BCUT2D eigenvalue weighted by Gasteiger charge is 2.15. The first-order valence-corrected chi connectivity index (χ1v) is 8.23. The predicted molar refractivity (Wildman–Crippen MR) is 89.0 cm³/mol. The van der Waals surface area contributed by atoms with Crippen molar-refractivity contribution in [1.29, 1.82) is 0 Å². The van der Waals surface area contributed by atoms with Gasteiger partial charge in [0.1, 0.15) is 5.75 Å². The molecule has 2 rings (SSSR count). The fourth-order valence-electron chi connectivity index (χ4n) is 2.13. The summed E-state index contributed by atoms with van der Waals surface area (Å²) in [6.45, 7) is 3.17. The molecule has 4 heteroatoms. The van der Waals surface area contributed by atoms with Gasteiger partial charge in [-0.1, -0.05) is 31.2 Å². The second-order valence-electron chi connectivity index (χ2n) is 4.73. The summed E-state index contributed by atoms with van der Waals surface area (Å²) in [5, 5.41) is 4.65. The van der Waals surface area contributed by atoms with Gasteiger partial charge in [0.25, 0.3) is 0 Å². The summed E-state index contributed by atoms with van der Waals surface area (Å²) in [6, 6.07) is 14.5. The van der Waals surface area contributed by atoms with Crippen LogP contribution in [0, 0.1) is 0 Å². The topological polar surface area (TPSA) is 34.2 Å². The number of para-hydroxylation sites is 1. The Morgan fingerprint density at radius 2 is 2.00 bits per heavy atom. The highest BCUT2D eigenvalue weighted by atomic mass is 32.2. The van der Waals surface area contributed by atoms with Gasteiger partial charge in [-0.3, -0.25) is 0 Å². The normalized spacial score (nSPS) is 12.1. The van der Waals surface area contributed by atoms with Gasteiger partial charge in [-0.05, 0) is 31.2 Å². The van der Waals surface area contributed by atoms with E-state index >= 15 is 0 Å². The van der Waals surface area contributed by atoms with Gasteiger partial charge in [0.05, 0.1) is 12.1 Å². The Morgan fingerprint density at radius 1 is 1.19 bits per heavy atom. The van der Waals surface area contributed by atoms with Crippen molar-refractivity contribution >= 4 is 11.8 Å². The minimum atomic E-state index is 0.258. The second kappa shape index (κ2) is 8.70. The molecule has 1 N–H and O–H groups in total. The molecule has 0 aliphatic heterocycles. The number of ether oxygens (including phenoxy) is 1. The van der Waals surface area contributed by atoms with Crippen molar-refractivity contribution < 1.29 is 4.74 Å². The fourth-order valence-corrected chi connectivity index (χ4v) is 3.08. The summed E-state index contributed by atoms with van der Waals surface area (Å²) in [7, 11) is 1.72. The van der Waals surface area contributed by atoms with Gasteiger partial charge in [-0.25, -0.2) is 4.98 Å². The molecule has 0 aliphatic carbocycles. The minimum absolute atomic E-state index is 0.258. The van der Waals surface area contributed by atoms with Crippen LogP contribution < -0.4 is 10.1 Å². The molecule has 0 spiro atoms. The summed E-state index contributed by atoms with van der Waals surface area (Å²) < 4.78 is 5.49. The Bertz CT molecular complexity index is 533. The quantitative estimate of drug-likeness (QED) is 0.749. The minimum Gasteiger partial charge on any atom is -0.496 e. The molecule has 1 aromatic heterocycles. The van der Waals surface area contributed by atoms with E-state index in [9.17, 15) is 0 Å². The number of nitrogens with zero attached hydrogens (tertiary/aromatic N) is 1. The first-order chi connectivity index (χ1) is 10.3. The number of pyridine rings is 1. The third-order valence-electron chi connectivity index (χ3n) is 3.19. The van der Waals surface area contributed by atoms with Gasteiger partial charge in [-0.2, -0.15) is 0 Å². The standard InChI is InChI=1S/C17H22N2OS/c1-3-11-18-15(13-21-17-10-6-7-12-19-17)14-8-4-5-9-16(14)20-2/h4-10,12,15,18H,3,11,13H2,1-2H3. The lowest BCUT2D eigenvalue weighted by atomic mass is 10.1. The number of nitrogens with one attached hydrogen (secondary N) is 1. The molecule has 2 aromatic rings. The van der Waals surface area contributed by atoms with Crippen LogP contribution in [0.3, 0.4) is 0 Å². The number of hydrogen-bond acceptors (Lipinski definition) is 4. The van der Waals surface area contributed by atoms with Crippen molar-refractivity contribution in [3.05, 3.63) is 54.2 Å². The van der Waals surface area contributed by atoms with Gasteiger partial charge in [-0.15, -0.1) is 11.8 Å². The van der Waals surface area contributed by atoms with E-state index in [2.05, 4.69) is 29.4 Å². The zero-order chi connectivity index (χ0) is 14.9. The largest absolute Gasteiger partial charge is 0.496 e. The Hall–Kier alpha value is -1.52. The molecule has 112 valence electrons. The molecule has 1 atom stereocenters. The monoisotopic (exact) mass is 302 g/mol. The van der Waals surface area contributed by atoms with Gasteiger partial charge in [0.15, 0.2) is 0 Å². The van der Waals surface area contributed by atoms with E-state index in [1.54, 1.807) is 18.9 Å². The highest BCUT2D eigenvalue weighted by molar-refractivity contribution is 7.99. The molecule has 1 aromatic carbocycles. The lowest BCUT2D eigenvalue weighted by Crippen LogP contribution is -2.24. The number of benzene rings is 1. The Balaban J connectivity index is 2.10.